The number of amides is 1. The van der Waals surface area contributed by atoms with Crippen LogP contribution in [0, 0.1) is 6.92 Å². The zero-order valence-corrected chi connectivity index (χ0v) is 10.8. The smallest absolute Gasteiger partial charge is 0.251 e. The van der Waals surface area contributed by atoms with Crippen LogP contribution in [0.1, 0.15) is 25.6 Å². The van der Waals surface area contributed by atoms with Crippen LogP contribution in [-0.2, 0) is 0 Å². The van der Waals surface area contributed by atoms with E-state index in [1.807, 2.05) is 30.5 Å². The molecule has 0 fully saturated rings. The van der Waals surface area contributed by atoms with E-state index < -0.39 is 0 Å². The molecular formula is C14H13NO2S. The molecule has 2 rings (SSSR count). The fourth-order valence-electron chi connectivity index (χ4n) is 1.49. The van der Waals surface area contributed by atoms with Gasteiger partial charge in [-0.3, -0.25) is 9.59 Å². The Morgan fingerprint density at radius 1 is 1.17 bits per heavy atom. The summed E-state index contributed by atoms with van der Waals surface area (Å²) in [6.07, 6.45) is 0. The monoisotopic (exact) mass is 259 g/mol. The molecule has 0 aliphatic carbocycles. The quantitative estimate of drug-likeness (QED) is 0.858. The van der Waals surface area contributed by atoms with Crippen LogP contribution in [0.25, 0.3) is 0 Å². The fraction of sp³-hybridized carbons (Fsp3) is 0.143. The summed E-state index contributed by atoms with van der Waals surface area (Å²) >= 11 is 1.38. The number of hydrogen-bond acceptors (Lipinski definition) is 3. The first kappa shape index (κ1) is 12.5. The van der Waals surface area contributed by atoms with E-state index in [1.54, 1.807) is 18.2 Å². The standard InChI is InChI=1S/C14H13NO2S/c1-10-4-6-11(7-5-10)14(17)15-9-12(16)13-3-2-8-18-13/h2-8H,9H2,1H3,(H,15,17). The Bertz CT molecular complexity index is 544. The van der Waals surface area contributed by atoms with Gasteiger partial charge in [-0.15, -0.1) is 11.3 Å². The molecule has 92 valence electrons. The number of carbonyl (C=O) groups excluding carboxylic acids is 2. The first-order valence-electron chi connectivity index (χ1n) is 5.58. The maximum absolute atomic E-state index is 11.8. The van der Waals surface area contributed by atoms with Crippen LogP contribution in [0.3, 0.4) is 0 Å². The van der Waals surface area contributed by atoms with Crippen LogP contribution in [0.15, 0.2) is 41.8 Å². The fourth-order valence-corrected chi connectivity index (χ4v) is 2.16. The molecule has 18 heavy (non-hydrogen) atoms. The summed E-state index contributed by atoms with van der Waals surface area (Å²) in [6.45, 7) is 2.00. The molecule has 0 unspecified atom stereocenters. The second kappa shape index (κ2) is 5.60. The van der Waals surface area contributed by atoms with Crippen molar-refractivity contribution in [2.75, 3.05) is 6.54 Å². The lowest BCUT2D eigenvalue weighted by molar-refractivity contribution is 0.0905. The lowest BCUT2D eigenvalue weighted by atomic mass is 10.1. The van der Waals surface area contributed by atoms with Crippen molar-refractivity contribution < 1.29 is 9.59 Å². The Hall–Kier alpha value is -1.94. The van der Waals surface area contributed by atoms with Crippen molar-refractivity contribution in [2.45, 2.75) is 6.92 Å². The number of Topliss-reactive ketones (excluding diaryl/α,β-unsaturated/α-hetero) is 1. The van der Waals surface area contributed by atoms with Crippen LogP contribution < -0.4 is 5.32 Å². The van der Waals surface area contributed by atoms with E-state index in [2.05, 4.69) is 5.32 Å². The third kappa shape index (κ3) is 3.05. The lowest BCUT2D eigenvalue weighted by Crippen LogP contribution is -2.29. The molecule has 0 aliphatic heterocycles. The third-order valence-corrected chi connectivity index (χ3v) is 3.43. The summed E-state index contributed by atoms with van der Waals surface area (Å²) < 4.78 is 0. The van der Waals surface area contributed by atoms with Gasteiger partial charge >= 0.3 is 0 Å². The van der Waals surface area contributed by atoms with Crippen molar-refractivity contribution in [3.63, 3.8) is 0 Å². The van der Waals surface area contributed by atoms with Crippen molar-refractivity contribution in [1.82, 2.24) is 5.32 Å². The van der Waals surface area contributed by atoms with Crippen molar-refractivity contribution >= 4 is 23.0 Å². The third-order valence-electron chi connectivity index (χ3n) is 2.52. The highest BCUT2D eigenvalue weighted by Gasteiger charge is 2.10. The summed E-state index contributed by atoms with van der Waals surface area (Å²) in [5, 5.41) is 4.47. The van der Waals surface area contributed by atoms with E-state index in [4.69, 9.17) is 0 Å². The molecule has 1 aromatic heterocycles. The van der Waals surface area contributed by atoms with Gasteiger partial charge in [0.2, 0.25) is 0 Å². The molecule has 0 bridgehead atoms. The van der Waals surface area contributed by atoms with Crippen molar-refractivity contribution in [3.05, 3.63) is 57.8 Å². The van der Waals surface area contributed by atoms with Gasteiger partial charge in [-0.2, -0.15) is 0 Å². The second-order valence-electron chi connectivity index (χ2n) is 3.95. The summed E-state index contributed by atoms with van der Waals surface area (Å²) in [5.74, 6) is -0.287. The number of aryl methyl sites for hydroxylation is 1. The van der Waals surface area contributed by atoms with Gasteiger partial charge in [-0.25, -0.2) is 0 Å². The number of nitrogens with one attached hydrogen (secondary N) is 1. The van der Waals surface area contributed by atoms with Gasteiger partial charge in [-0.1, -0.05) is 23.8 Å². The molecule has 0 spiro atoms. The highest BCUT2D eigenvalue weighted by atomic mass is 32.1. The summed E-state index contributed by atoms with van der Waals surface area (Å²) in [5.41, 5.74) is 1.67. The molecule has 0 aliphatic rings. The Kier molecular flexibility index (Phi) is 3.89. The topological polar surface area (TPSA) is 46.2 Å². The average Bonchev–Trinajstić information content (AvgIpc) is 2.90. The van der Waals surface area contributed by atoms with E-state index in [-0.39, 0.29) is 18.2 Å². The van der Waals surface area contributed by atoms with Crippen molar-refractivity contribution in [3.8, 4) is 0 Å². The van der Waals surface area contributed by atoms with Gasteiger partial charge in [0.25, 0.3) is 5.91 Å². The number of carbonyl (C=O) groups is 2. The van der Waals surface area contributed by atoms with Crippen LogP contribution in [0.4, 0.5) is 0 Å². The van der Waals surface area contributed by atoms with E-state index in [0.29, 0.717) is 10.4 Å². The molecule has 2 aromatic rings. The Balaban J connectivity index is 1.92. The molecule has 0 radical (unpaired) electrons. The van der Waals surface area contributed by atoms with Gasteiger partial charge in [0.05, 0.1) is 11.4 Å². The Morgan fingerprint density at radius 3 is 2.50 bits per heavy atom. The Morgan fingerprint density at radius 2 is 1.89 bits per heavy atom. The predicted octanol–water partition coefficient (Wildman–Crippen LogP) is 2.67. The second-order valence-corrected chi connectivity index (χ2v) is 4.90. The zero-order chi connectivity index (χ0) is 13.0. The first-order valence-corrected chi connectivity index (χ1v) is 6.46. The predicted molar refractivity (Wildman–Crippen MR) is 72.2 cm³/mol. The van der Waals surface area contributed by atoms with Gasteiger partial charge in [-0.05, 0) is 30.5 Å². The normalized spacial score (nSPS) is 10.1. The van der Waals surface area contributed by atoms with Crippen LogP contribution in [0.5, 0.6) is 0 Å². The molecular weight excluding hydrogens is 246 g/mol. The van der Waals surface area contributed by atoms with E-state index >= 15 is 0 Å². The minimum atomic E-state index is -0.222. The largest absolute Gasteiger partial charge is 0.345 e. The molecule has 0 saturated carbocycles. The molecule has 1 heterocycles. The molecule has 1 N–H and O–H groups in total. The SMILES string of the molecule is Cc1ccc(C(=O)NCC(=O)c2cccs2)cc1. The van der Waals surface area contributed by atoms with Gasteiger partial charge in [0.1, 0.15) is 0 Å². The van der Waals surface area contributed by atoms with E-state index in [1.165, 1.54) is 11.3 Å². The Labute approximate surface area is 109 Å². The van der Waals surface area contributed by atoms with Gasteiger partial charge < -0.3 is 5.32 Å². The lowest BCUT2D eigenvalue weighted by Gasteiger charge is -2.04. The maximum Gasteiger partial charge on any atom is 0.251 e. The van der Waals surface area contributed by atoms with Crippen molar-refractivity contribution in [2.24, 2.45) is 0 Å². The van der Waals surface area contributed by atoms with Crippen molar-refractivity contribution in [1.29, 1.82) is 0 Å². The van der Waals surface area contributed by atoms with Gasteiger partial charge in [0, 0.05) is 5.56 Å². The summed E-state index contributed by atoms with van der Waals surface area (Å²) in [7, 11) is 0. The summed E-state index contributed by atoms with van der Waals surface area (Å²) in [6, 6.07) is 10.8. The van der Waals surface area contributed by atoms with Gasteiger partial charge in [0.15, 0.2) is 5.78 Å². The first-order chi connectivity index (χ1) is 8.66. The molecule has 1 amide bonds. The molecule has 0 atom stereocenters. The van der Waals surface area contributed by atoms with E-state index in [0.717, 1.165) is 5.56 Å². The van der Waals surface area contributed by atoms with Crippen LogP contribution in [0.2, 0.25) is 0 Å². The average molecular weight is 259 g/mol. The number of hydrogen-bond donors (Lipinski definition) is 1. The molecule has 3 nitrogen and oxygen atoms in total. The number of benzene rings is 1. The zero-order valence-electron chi connectivity index (χ0n) is 9.97. The number of thiophene rings is 1. The molecule has 0 saturated heterocycles. The number of rotatable bonds is 4. The minimum Gasteiger partial charge on any atom is -0.345 e. The summed E-state index contributed by atoms with van der Waals surface area (Å²) in [4.78, 5) is 24.1. The molecule has 1 aromatic carbocycles. The van der Waals surface area contributed by atoms with Crippen LogP contribution >= 0.6 is 11.3 Å². The highest BCUT2D eigenvalue weighted by Crippen LogP contribution is 2.09. The molecule has 4 heteroatoms. The maximum atomic E-state index is 11.8. The minimum absolute atomic E-state index is 0.0349. The van der Waals surface area contributed by atoms with E-state index in [9.17, 15) is 9.59 Å². The number of ketones is 1. The highest BCUT2D eigenvalue weighted by molar-refractivity contribution is 7.12. The van der Waals surface area contributed by atoms with Crippen LogP contribution in [-0.4, -0.2) is 18.2 Å².